The molecule has 3 saturated heterocycles. The molecule has 12 N–H and O–H groups in total. The van der Waals surface area contributed by atoms with Crippen molar-refractivity contribution < 1.29 is 89.4 Å². The number of carbonyl (C=O) groups is 1. The summed E-state index contributed by atoms with van der Waals surface area (Å²) in [5.74, 6) is -0.256. The van der Waals surface area contributed by atoms with E-state index in [9.17, 15) is 61.0 Å². The molecule has 0 radical (unpaired) electrons. The zero-order chi connectivity index (χ0) is 59.0. The van der Waals surface area contributed by atoms with E-state index < -0.39 is 124 Å². The van der Waals surface area contributed by atoms with E-state index in [1.54, 1.807) is 0 Å². The second-order valence-corrected chi connectivity index (χ2v) is 22.1. The van der Waals surface area contributed by atoms with Gasteiger partial charge in [0.15, 0.2) is 18.9 Å². The van der Waals surface area contributed by atoms with E-state index in [0.29, 0.717) is 19.3 Å². The standard InChI is InChI=1S/C62H109NO18/c1-3-5-7-8-9-10-11-12-13-14-15-16-17-18-19-20-21-22-23-24-25-26-27-28-29-30-31-32-33-34-35-36-38-40-50(68)63-45(46(67)39-37-6-4-2)44-76-60-56(74)53(71)58(48(42-65)78-60)81-62-57(75)54(72)59(49(43-66)79-62)80-61-55(73)52(70)51(69)47(41-64)77-61/h5,7,9-10,12-13,15-16,18-19,45-49,51-62,64-67,69-75H,3-4,6,8,11,14,17,20-44H2,1-2H3,(H,63,68)/b7-5-,10-9-,13-12-,16-15-,19-18-. The summed E-state index contributed by atoms with van der Waals surface area (Å²) in [6, 6.07) is -0.883. The van der Waals surface area contributed by atoms with Gasteiger partial charge in [-0.15, -0.1) is 0 Å². The van der Waals surface area contributed by atoms with Gasteiger partial charge >= 0.3 is 0 Å². The van der Waals surface area contributed by atoms with Crippen LogP contribution in [-0.2, 0) is 33.2 Å². The minimum Gasteiger partial charge on any atom is -0.394 e. The fourth-order valence-electron chi connectivity index (χ4n) is 10.3. The molecule has 0 saturated carbocycles. The third-order valence-electron chi connectivity index (χ3n) is 15.4. The SMILES string of the molecule is CC/C=C\C/C=C\C/C=C\C/C=C\C/C=C\CCCCCCCCCCCCCCCCCCCC(=O)NC(COC1OC(CO)C(OC2OC(CO)C(OC3OC(CO)C(O)C(O)C3O)C(O)C2O)C(O)C1O)C(O)CCCCC. The fourth-order valence-corrected chi connectivity index (χ4v) is 10.3. The van der Waals surface area contributed by atoms with Crippen molar-refractivity contribution in [2.45, 2.75) is 298 Å². The van der Waals surface area contributed by atoms with E-state index in [1.807, 2.05) is 6.92 Å². The van der Waals surface area contributed by atoms with Gasteiger partial charge in [-0.05, 0) is 57.8 Å². The molecule has 0 aromatic rings. The van der Waals surface area contributed by atoms with Crippen molar-refractivity contribution in [2.75, 3.05) is 26.4 Å². The lowest BCUT2D eigenvalue weighted by molar-refractivity contribution is -0.379. The number of amides is 1. The second-order valence-electron chi connectivity index (χ2n) is 22.1. The second kappa shape index (κ2) is 44.9. The van der Waals surface area contributed by atoms with Crippen LogP contribution in [0.4, 0.5) is 0 Å². The van der Waals surface area contributed by atoms with Crippen molar-refractivity contribution in [2.24, 2.45) is 0 Å². The number of hydrogen-bond donors (Lipinski definition) is 12. The highest BCUT2D eigenvalue weighted by Crippen LogP contribution is 2.33. The predicted octanol–water partition coefficient (Wildman–Crippen LogP) is 6.04. The Bertz CT molecular complexity index is 1710. The number of aliphatic hydroxyl groups excluding tert-OH is 11. The minimum atomic E-state index is -1.97. The number of nitrogens with one attached hydrogen (secondary N) is 1. The predicted molar refractivity (Wildman–Crippen MR) is 309 cm³/mol. The first-order valence-electron chi connectivity index (χ1n) is 31.0. The molecular formula is C62H109NO18. The average molecular weight is 1160 g/mol. The number of hydrogen-bond acceptors (Lipinski definition) is 18. The number of ether oxygens (including phenoxy) is 6. The highest BCUT2D eigenvalue weighted by molar-refractivity contribution is 5.76. The van der Waals surface area contributed by atoms with Crippen molar-refractivity contribution in [3.05, 3.63) is 60.8 Å². The molecule has 3 fully saturated rings. The largest absolute Gasteiger partial charge is 0.394 e. The lowest BCUT2D eigenvalue weighted by Crippen LogP contribution is -2.66. The van der Waals surface area contributed by atoms with Gasteiger partial charge < -0.3 is 89.9 Å². The molecule has 470 valence electrons. The van der Waals surface area contributed by atoms with Crippen LogP contribution in [0.5, 0.6) is 0 Å². The molecule has 0 aromatic carbocycles. The van der Waals surface area contributed by atoms with Gasteiger partial charge in [0, 0.05) is 6.42 Å². The Morgan fingerprint density at radius 2 is 0.852 bits per heavy atom. The van der Waals surface area contributed by atoms with Gasteiger partial charge in [0.2, 0.25) is 5.91 Å². The van der Waals surface area contributed by atoms with Crippen LogP contribution in [-0.4, -0.2) is 193 Å². The summed E-state index contributed by atoms with van der Waals surface area (Å²) < 4.78 is 34.0. The Balaban J connectivity index is 1.26. The maximum atomic E-state index is 13.2. The van der Waals surface area contributed by atoms with Crippen LogP contribution < -0.4 is 5.32 Å². The van der Waals surface area contributed by atoms with E-state index in [2.05, 4.69) is 73.0 Å². The van der Waals surface area contributed by atoms with Gasteiger partial charge in [0.05, 0.1) is 38.6 Å². The van der Waals surface area contributed by atoms with E-state index >= 15 is 0 Å². The molecule has 3 aliphatic rings. The summed E-state index contributed by atoms with van der Waals surface area (Å²) in [4.78, 5) is 13.2. The Morgan fingerprint density at radius 1 is 0.457 bits per heavy atom. The van der Waals surface area contributed by atoms with Crippen LogP contribution in [0.3, 0.4) is 0 Å². The average Bonchev–Trinajstić information content (AvgIpc) is 3.55. The summed E-state index contributed by atoms with van der Waals surface area (Å²) in [5, 5.41) is 119. The number of unbranched alkanes of at least 4 members (excludes halogenated alkanes) is 19. The van der Waals surface area contributed by atoms with Gasteiger partial charge in [-0.1, -0.05) is 190 Å². The van der Waals surface area contributed by atoms with Gasteiger partial charge in [-0.3, -0.25) is 4.79 Å². The van der Waals surface area contributed by atoms with E-state index in [1.165, 1.54) is 89.9 Å². The Labute approximate surface area is 484 Å². The maximum absolute atomic E-state index is 13.2. The molecule has 0 aliphatic carbocycles. The van der Waals surface area contributed by atoms with Crippen LogP contribution in [0.15, 0.2) is 60.8 Å². The highest BCUT2D eigenvalue weighted by Gasteiger charge is 2.53. The molecule has 81 heavy (non-hydrogen) atoms. The van der Waals surface area contributed by atoms with Gasteiger partial charge in [-0.2, -0.15) is 0 Å². The van der Waals surface area contributed by atoms with E-state index in [-0.39, 0.29) is 18.9 Å². The van der Waals surface area contributed by atoms with Crippen LogP contribution in [0, 0.1) is 0 Å². The number of aliphatic hydroxyl groups is 11. The molecule has 3 aliphatic heterocycles. The number of carbonyl (C=O) groups excluding carboxylic acids is 1. The summed E-state index contributed by atoms with van der Waals surface area (Å²) in [5.41, 5.74) is 0. The molecule has 19 heteroatoms. The van der Waals surface area contributed by atoms with Gasteiger partial charge in [0.25, 0.3) is 0 Å². The monoisotopic (exact) mass is 1160 g/mol. The van der Waals surface area contributed by atoms with E-state index in [4.69, 9.17) is 28.4 Å². The van der Waals surface area contributed by atoms with Gasteiger partial charge in [-0.25, -0.2) is 0 Å². The third-order valence-corrected chi connectivity index (χ3v) is 15.4. The lowest BCUT2D eigenvalue weighted by Gasteiger charge is -2.48. The maximum Gasteiger partial charge on any atom is 0.220 e. The summed E-state index contributed by atoms with van der Waals surface area (Å²) >= 11 is 0. The highest BCUT2D eigenvalue weighted by atomic mass is 16.8. The Kier molecular flexibility index (Phi) is 40.3. The van der Waals surface area contributed by atoms with Crippen molar-refractivity contribution in [1.82, 2.24) is 5.32 Å². The first-order valence-corrected chi connectivity index (χ1v) is 31.0. The van der Waals surface area contributed by atoms with Crippen LogP contribution in [0.25, 0.3) is 0 Å². The normalized spacial score (nSPS) is 30.2. The van der Waals surface area contributed by atoms with Crippen molar-refractivity contribution >= 4 is 5.91 Å². The Hall–Kier alpha value is -2.51. The topological polar surface area (TPSA) is 307 Å². The molecule has 1 amide bonds. The zero-order valence-corrected chi connectivity index (χ0v) is 49.0. The third kappa shape index (κ3) is 28.5. The van der Waals surface area contributed by atoms with E-state index in [0.717, 1.165) is 64.2 Å². The quantitative estimate of drug-likeness (QED) is 0.0244. The molecule has 17 unspecified atom stereocenters. The summed E-state index contributed by atoms with van der Waals surface area (Å²) in [7, 11) is 0. The van der Waals surface area contributed by atoms with Crippen molar-refractivity contribution in [1.29, 1.82) is 0 Å². The molecule has 3 rings (SSSR count). The molecule has 0 aromatic heterocycles. The summed E-state index contributed by atoms with van der Waals surface area (Å²) in [6.07, 6.45) is 26.0. The van der Waals surface area contributed by atoms with Crippen molar-refractivity contribution in [3.8, 4) is 0 Å². The lowest BCUT2D eigenvalue weighted by atomic mass is 9.96. The zero-order valence-electron chi connectivity index (χ0n) is 49.0. The van der Waals surface area contributed by atoms with Crippen LogP contribution in [0.1, 0.15) is 194 Å². The number of rotatable bonds is 45. The first-order chi connectivity index (χ1) is 39.3. The molecule has 3 heterocycles. The fraction of sp³-hybridized carbons (Fsp3) is 0.823. The first kappa shape index (κ1) is 72.7. The molecule has 0 bridgehead atoms. The number of allylic oxidation sites excluding steroid dienone is 10. The molecular weight excluding hydrogens is 1050 g/mol. The van der Waals surface area contributed by atoms with Gasteiger partial charge in [0.1, 0.15) is 73.2 Å². The summed E-state index contributed by atoms with van der Waals surface area (Å²) in [6.45, 7) is 1.48. The van der Waals surface area contributed by atoms with Crippen LogP contribution in [0.2, 0.25) is 0 Å². The van der Waals surface area contributed by atoms with Crippen molar-refractivity contribution in [3.63, 3.8) is 0 Å². The molecule has 19 nitrogen and oxygen atoms in total. The molecule has 0 spiro atoms. The smallest absolute Gasteiger partial charge is 0.220 e. The van der Waals surface area contributed by atoms with Crippen LogP contribution >= 0.6 is 0 Å². The Morgan fingerprint density at radius 3 is 1.31 bits per heavy atom. The minimum absolute atomic E-state index is 0.256. The molecule has 17 atom stereocenters.